The fourth-order valence-corrected chi connectivity index (χ4v) is 6.08. The van der Waals surface area contributed by atoms with Crippen LogP contribution in [0.4, 0.5) is 14.5 Å². The number of amides is 1. The van der Waals surface area contributed by atoms with Gasteiger partial charge in [0.15, 0.2) is 11.4 Å². The lowest BCUT2D eigenvalue weighted by atomic mass is 9.97. The second-order valence-electron chi connectivity index (χ2n) is 9.90. The van der Waals surface area contributed by atoms with E-state index < -0.39 is 28.5 Å². The van der Waals surface area contributed by atoms with E-state index in [0.29, 0.717) is 51.2 Å². The summed E-state index contributed by atoms with van der Waals surface area (Å²) in [7, 11) is 1.61. The second kappa shape index (κ2) is 11.6. The Balaban J connectivity index is 1.63. The molecule has 0 saturated carbocycles. The van der Waals surface area contributed by atoms with E-state index in [4.69, 9.17) is 13.6 Å². The molecule has 4 aromatic carbocycles. The number of nitrogens with zero attached hydrogens (tertiary/aromatic N) is 2. The van der Waals surface area contributed by atoms with Gasteiger partial charge in [0, 0.05) is 42.4 Å². The number of hydrogen-bond donors (Lipinski definition) is 1. The van der Waals surface area contributed by atoms with E-state index in [0.717, 1.165) is 0 Å². The van der Waals surface area contributed by atoms with Gasteiger partial charge in [-0.25, -0.2) is 18.0 Å². The first-order valence-corrected chi connectivity index (χ1v) is 15.2. The van der Waals surface area contributed by atoms with Gasteiger partial charge in [-0.15, -0.1) is 0 Å². The van der Waals surface area contributed by atoms with Crippen LogP contribution in [0.5, 0.6) is 5.75 Å². The number of rotatable bonds is 8. The van der Waals surface area contributed by atoms with Crippen LogP contribution in [0, 0.1) is 11.6 Å². The molecule has 0 radical (unpaired) electrons. The Bertz CT molecular complexity index is 2070. The van der Waals surface area contributed by atoms with Crippen molar-refractivity contribution in [1.82, 2.24) is 10.3 Å². The monoisotopic (exact) mass is 615 g/mol. The molecule has 0 saturated heterocycles. The highest BCUT2D eigenvalue weighted by Crippen LogP contribution is 2.43. The van der Waals surface area contributed by atoms with Crippen LogP contribution in [0.2, 0.25) is 0 Å². The predicted molar refractivity (Wildman–Crippen MR) is 167 cm³/mol. The molecule has 1 amide bonds. The minimum absolute atomic E-state index is 0.0949. The number of oxazole rings is 1. The van der Waals surface area contributed by atoms with Crippen LogP contribution in [-0.4, -0.2) is 42.1 Å². The molecule has 0 bridgehead atoms. The van der Waals surface area contributed by atoms with Gasteiger partial charge in [-0.2, -0.15) is 0 Å². The molecule has 2 aromatic heterocycles. The van der Waals surface area contributed by atoms with Crippen LogP contribution in [0.15, 0.2) is 81.6 Å². The van der Waals surface area contributed by atoms with E-state index in [2.05, 4.69) is 10.3 Å². The number of fused-ring (bicyclic) bond motifs is 2. The summed E-state index contributed by atoms with van der Waals surface area (Å²) in [6.45, 7) is 2.28. The quantitative estimate of drug-likeness (QED) is 0.192. The third-order valence-corrected chi connectivity index (χ3v) is 8.42. The smallest absolute Gasteiger partial charge is 0.255 e. The van der Waals surface area contributed by atoms with Crippen LogP contribution in [0.3, 0.4) is 0 Å². The highest BCUT2D eigenvalue weighted by molar-refractivity contribution is 7.85. The molecule has 6 rings (SSSR count). The van der Waals surface area contributed by atoms with Gasteiger partial charge in [0.2, 0.25) is 5.89 Å². The van der Waals surface area contributed by atoms with Crippen molar-refractivity contribution in [3.05, 3.63) is 90.0 Å². The second-order valence-corrected chi connectivity index (χ2v) is 11.2. The van der Waals surface area contributed by atoms with Crippen molar-refractivity contribution >= 4 is 44.6 Å². The van der Waals surface area contributed by atoms with Crippen molar-refractivity contribution < 1.29 is 31.4 Å². The first kappa shape index (κ1) is 29.1. The number of nitrogens with one attached hydrogen (secondary N) is 1. The molecule has 2 heterocycles. The fraction of sp³-hybridized carbons (Fsp3) is 0.152. The normalized spacial score (nSPS) is 12.0. The van der Waals surface area contributed by atoms with Crippen molar-refractivity contribution in [2.45, 2.75) is 6.92 Å². The van der Waals surface area contributed by atoms with Gasteiger partial charge in [-0.05, 0) is 67.1 Å². The summed E-state index contributed by atoms with van der Waals surface area (Å²) in [4.78, 5) is 17.6. The molecule has 44 heavy (non-hydrogen) atoms. The van der Waals surface area contributed by atoms with E-state index in [9.17, 15) is 17.8 Å². The standard InChI is InChI=1S/C33H27F2N3O5S/c1-5-38(44(4)40)25-17-28-22(29(32(39)36-2)31(42-28)18-9-12-20(34)13-10-18)16-21(25)19-11-14-26(41-3)23(15-19)33-37-30-24(35)7-6-8-27(30)43-33/h6-17H,5H2,1-4H3,(H,36,39). The highest BCUT2D eigenvalue weighted by atomic mass is 32.2. The van der Waals surface area contributed by atoms with Crippen LogP contribution in [0.1, 0.15) is 17.3 Å². The largest absolute Gasteiger partial charge is 0.496 e. The molecule has 6 aromatic rings. The Morgan fingerprint density at radius 2 is 1.73 bits per heavy atom. The molecule has 0 aliphatic carbocycles. The van der Waals surface area contributed by atoms with E-state index in [1.165, 1.54) is 32.4 Å². The van der Waals surface area contributed by atoms with Crippen molar-refractivity contribution in [3.63, 3.8) is 0 Å². The average Bonchev–Trinajstić information content (AvgIpc) is 3.63. The van der Waals surface area contributed by atoms with Crippen molar-refractivity contribution in [2.75, 3.05) is 31.3 Å². The number of hydrogen-bond acceptors (Lipinski definition) is 6. The third kappa shape index (κ3) is 4.98. The molecule has 224 valence electrons. The number of halogens is 2. The Hall–Kier alpha value is -5.03. The first-order chi connectivity index (χ1) is 21.2. The van der Waals surface area contributed by atoms with E-state index in [1.54, 1.807) is 59.1 Å². The Labute approximate surface area is 253 Å². The summed E-state index contributed by atoms with van der Waals surface area (Å²) >= 11 is 0. The minimum atomic E-state index is -1.42. The summed E-state index contributed by atoms with van der Waals surface area (Å²) in [5.41, 5.74) is 3.91. The topological polar surface area (TPSA) is 97.8 Å². The number of carbonyl (C=O) groups is 1. The molecule has 0 aliphatic heterocycles. The zero-order valence-corrected chi connectivity index (χ0v) is 25.1. The Morgan fingerprint density at radius 1 is 0.977 bits per heavy atom. The molecule has 8 nitrogen and oxygen atoms in total. The lowest BCUT2D eigenvalue weighted by Gasteiger charge is -2.23. The summed E-state index contributed by atoms with van der Waals surface area (Å²) < 4.78 is 60.6. The summed E-state index contributed by atoms with van der Waals surface area (Å²) in [5.74, 6) is -0.447. The number of anilines is 1. The maximum Gasteiger partial charge on any atom is 0.255 e. The third-order valence-electron chi connectivity index (χ3n) is 7.34. The van der Waals surface area contributed by atoms with Crippen molar-refractivity contribution in [1.29, 1.82) is 0 Å². The number of methoxy groups -OCH3 is 1. The summed E-state index contributed by atoms with van der Waals surface area (Å²) in [6.07, 6.45) is 1.58. The maximum atomic E-state index is 14.5. The molecule has 0 aliphatic rings. The molecular weight excluding hydrogens is 588 g/mol. The van der Waals surface area contributed by atoms with Crippen LogP contribution in [-0.2, 0) is 11.0 Å². The first-order valence-electron chi connectivity index (χ1n) is 13.7. The SMILES string of the molecule is CCN(c1cc2oc(-c3ccc(F)cc3)c(C(=O)NC)c2cc1-c1ccc(OC)c(-c2nc3c(F)cccc3o2)c1)S(C)=O. The number of ether oxygens (including phenoxy) is 1. The van der Waals surface area contributed by atoms with Crippen LogP contribution in [0.25, 0.3) is 56.0 Å². The fourth-order valence-electron chi connectivity index (χ4n) is 5.29. The number of carbonyl (C=O) groups excluding carboxylic acids is 1. The van der Waals surface area contributed by atoms with Crippen LogP contribution >= 0.6 is 0 Å². The highest BCUT2D eigenvalue weighted by Gasteiger charge is 2.26. The predicted octanol–water partition coefficient (Wildman–Crippen LogP) is 7.34. The maximum absolute atomic E-state index is 14.5. The number of benzene rings is 4. The number of para-hydroxylation sites is 1. The lowest BCUT2D eigenvalue weighted by Crippen LogP contribution is -2.24. The zero-order chi connectivity index (χ0) is 31.1. The van der Waals surface area contributed by atoms with Crippen molar-refractivity contribution in [3.8, 4) is 39.7 Å². The van der Waals surface area contributed by atoms with Gasteiger partial charge in [0.05, 0.1) is 23.9 Å². The van der Waals surface area contributed by atoms with Gasteiger partial charge in [0.1, 0.15) is 39.4 Å². The van der Waals surface area contributed by atoms with E-state index >= 15 is 0 Å². The molecular formula is C33H27F2N3O5S. The lowest BCUT2D eigenvalue weighted by molar-refractivity contribution is 0.0964. The number of furan rings is 1. The van der Waals surface area contributed by atoms with Gasteiger partial charge in [-0.3, -0.25) is 9.10 Å². The molecule has 1 unspecified atom stereocenters. The Morgan fingerprint density at radius 3 is 2.39 bits per heavy atom. The molecule has 11 heteroatoms. The van der Waals surface area contributed by atoms with Crippen LogP contribution < -0.4 is 14.4 Å². The van der Waals surface area contributed by atoms with Crippen molar-refractivity contribution in [2.24, 2.45) is 0 Å². The number of aromatic nitrogens is 1. The van der Waals surface area contributed by atoms with E-state index in [-0.39, 0.29) is 28.3 Å². The van der Waals surface area contributed by atoms with Gasteiger partial charge in [0.25, 0.3) is 5.91 Å². The molecule has 0 fully saturated rings. The summed E-state index contributed by atoms with van der Waals surface area (Å²) in [6, 6.07) is 19.1. The molecule has 1 atom stereocenters. The zero-order valence-electron chi connectivity index (χ0n) is 24.2. The summed E-state index contributed by atoms with van der Waals surface area (Å²) in [5, 5.41) is 3.17. The minimum Gasteiger partial charge on any atom is -0.496 e. The van der Waals surface area contributed by atoms with E-state index in [1.807, 2.05) is 13.0 Å². The van der Waals surface area contributed by atoms with Gasteiger partial charge >= 0.3 is 0 Å². The molecule has 1 N–H and O–H groups in total. The van der Waals surface area contributed by atoms with Gasteiger partial charge < -0.3 is 18.9 Å². The molecule has 0 spiro atoms. The average molecular weight is 616 g/mol. The Kier molecular flexibility index (Phi) is 7.64. The van der Waals surface area contributed by atoms with Gasteiger partial charge in [-0.1, -0.05) is 12.1 Å².